The average Bonchev–Trinajstić information content (AvgIpc) is 3.35. The van der Waals surface area contributed by atoms with Crippen molar-refractivity contribution in [1.82, 2.24) is 10.2 Å². The van der Waals surface area contributed by atoms with E-state index in [1.165, 1.54) is 22.3 Å². The molecule has 28 heavy (non-hydrogen) atoms. The molecule has 0 saturated carbocycles. The maximum atomic E-state index is 5.36. The second-order valence-electron chi connectivity index (χ2n) is 7.13. The Kier molecular flexibility index (Phi) is 7.06. The van der Waals surface area contributed by atoms with Gasteiger partial charge in [0.2, 0.25) is 0 Å². The Labute approximate surface area is 168 Å². The molecule has 2 heterocycles. The predicted molar refractivity (Wildman–Crippen MR) is 116 cm³/mol. The number of rotatable bonds is 4. The van der Waals surface area contributed by atoms with Crippen LogP contribution in [0.15, 0.2) is 58.5 Å². The lowest BCUT2D eigenvalue weighted by atomic mass is 10.1. The second kappa shape index (κ2) is 9.93. The fraction of sp³-hybridized carbons (Fsp3) is 0.391. The van der Waals surface area contributed by atoms with E-state index < -0.39 is 0 Å². The minimum atomic E-state index is 0.751. The first-order valence-corrected chi connectivity index (χ1v) is 9.88. The highest BCUT2D eigenvalue weighted by atomic mass is 16.5. The molecule has 0 saturated heterocycles. The van der Waals surface area contributed by atoms with Gasteiger partial charge in [-0.3, -0.25) is 9.98 Å². The maximum Gasteiger partial charge on any atom is 0.194 e. The summed E-state index contributed by atoms with van der Waals surface area (Å²) in [6, 6.07) is 16.8. The van der Waals surface area contributed by atoms with Crippen molar-refractivity contribution in [2.75, 3.05) is 33.3 Å². The molecule has 5 nitrogen and oxygen atoms in total. The first kappa shape index (κ1) is 19.9. The van der Waals surface area contributed by atoms with Crippen LogP contribution in [-0.2, 0) is 17.7 Å². The highest BCUT2D eigenvalue weighted by Crippen LogP contribution is 2.10. The van der Waals surface area contributed by atoms with E-state index in [1.807, 2.05) is 0 Å². The van der Waals surface area contributed by atoms with E-state index in [0.29, 0.717) is 0 Å². The third kappa shape index (κ3) is 5.59. The van der Waals surface area contributed by atoms with Crippen molar-refractivity contribution in [2.45, 2.75) is 26.8 Å². The van der Waals surface area contributed by atoms with Crippen molar-refractivity contribution in [3.63, 3.8) is 0 Å². The molecule has 4 rings (SSSR count). The lowest BCUT2D eigenvalue weighted by molar-refractivity contribution is 0.341. The van der Waals surface area contributed by atoms with Crippen LogP contribution in [0.4, 0.5) is 0 Å². The summed E-state index contributed by atoms with van der Waals surface area (Å²) >= 11 is 0. The lowest BCUT2D eigenvalue weighted by Gasteiger charge is -2.15. The van der Waals surface area contributed by atoms with Gasteiger partial charge in [0.1, 0.15) is 6.61 Å². The summed E-state index contributed by atoms with van der Waals surface area (Å²) in [5.41, 5.74) is 5.27. The quantitative estimate of drug-likeness (QED) is 0.888. The second-order valence-corrected chi connectivity index (χ2v) is 7.13. The third-order valence-electron chi connectivity index (χ3n) is 5.01. The number of aliphatic imine (C=N–C) groups is 2. The number of ether oxygens (including phenoxy) is 1. The third-order valence-corrected chi connectivity index (χ3v) is 5.01. The summed E-state index contributed by atoms with van der Waals surface area (Å²) in [7, 11) is 2.07. The average molecular weight is 379 g/mol. The Morgan fingerprint density at radius 2 is 1.61 bits per heavy atom. The molecule has 2 aliphatic rings. The van der Waals surface area contributed by atoms with Crippen LogP contribution >= 0.6 is 0 Å². The molecule has 2 aromatic carbocycles. The highest BCUT2D eigenvalue weighted by molar-refractivity contribution is 5.81. The zero-order valence-corrected chi connectivity index (χ0v) is 17.1. The Morgan fingerprint density at radius 1 is 0.929 bits per heavy atom. The van der Waals surface area contributed by atoms with Gasteiger partial charge in [-0.15, -0.1) is 0 Å². The first-order valence-electron chi connectivity index (χ1n) is 9.88. The molecular weight excluding hydrogens is 348 g/mol. The fourth-order valence-corrected chi connectivity index (χ4v) is 3.16. The van der Waals surface area contributed by atoms with Crippen molar-refractivity contribution in [3.05, 3.63) is 70.8 Å². The van der Waals surface area contributed by atoms with Crippen molar-refractivity contribution in [1.29, 1.82) is 0 Å². The molecule has 0 spiro atoms. The molecule has 0 aromatic heterocycles. The minimum absolute atomic E-state index is 0.751. The van der Waals surface area contributed by atoms with Gasteiger partial charge in [-0.1, -0.05) is 48.5 Å². The van der Waals surface area contributed by atoms with Crippen LogP contribution in [0.1, 0.15) is 22.3 Å². The molecule has 0 aliphatic carbocycles. The van der Waals surface area contributed by atoms with Crippen molar-refractivity contribution in [2.24, 2.45) is 9.98 Å². The molecular formula is C23H30N4O. The van der Waals surface area contributed by atoms with E-state index in [0.717, 1.165) is 51.1 Å². The molecule has 0 bridgehead atoms. The highest BCUT2D eigenvalue weighted by Gasteiger charge is 2.11. The van der Waals surface area contributed by atoms with Crippen LogP contribution in [0.5, 0.6) is 0 Å². The van der Waals surface area contributed by atoms with Crippen LogP contribution in [-0.4, -0.2) is 50.0 Å². The van der Waals surface area contributed by atoms with Crippen molar-refractivity contribution < 1.29 is 4.74 Å². The van der Waals surface area contributed by atoms with E-state index in [-0.39, 0.29) is 0 Å². The summed E-state index contributed by atoms with van der Waals surface area (Å²) in [6.07, 6.45) is 0.840. The molecule has 0 amide bonds. The van der Waals surface area contributed by atoms with Gasteiger partial charge in [-0.2, -0.15) is 0 Å². The van der Waals surface area contributed by atoms with E-state index in [9.17, 15) is 0 Å². The predicted octanol–water partition coefficient (Wildman–Crippen LogP) is 3.35. The molecule has 5 heteroatoms. The van der Waals surface area contributed by atoms with E-state index in [4.69, 9.17) is 4.74 Å². The van der Waals surface area contributed by atoms with Crippen LogP contribution in [0.2, 0.25) is 0 Å². The van der Waals surface area contributed by atoms with Crippen LogP contribution in [0.3, 0.4) is 0 Å². The van der Waals surface area contributed by atoms with E-state index in [2.05, 4.69) is 89.6 Å². The summed E-state index contributed by atoms with van der Waals surface area (Å²) in [5.74, 6) is 1.90. The van der Waals surface area contributed by atoms with Crippen molar-refractivity contribution in [3.8, 4) is 0 Å². The van der Waals surface area contributed by atoms with Crippen LogP contribution in [0.25, 0.3) is 0 Å². The summed E-state index contributed by atoms with van der Waals surface area (Å²) in [6.45, 7) is 8.61. The number of benzene rings is 2. The van der Waals surface area contributed by atoms with Gasteiger partial charge in [0, 0.05) is 26.6 Å². The van der Waals surface area contributed by atoms with Crippen LogP contribution < -0.4 is 5.32 Å². The first-order chi connectivity index (χ1) is 13.6. The van der Waals surface area contributed by atoms with Gasteiger partial charge in [0.25, 0.3) is 0 Å². The van der Waals surface area contributed by atoms with Gasteiger partial charge in [0.05, 0.1) is 13.1 Å². The number of likely N-dealkylation sites (N-methyl/N-ethyl adjacent to an activating group) is 1. The topological polar surface area (TPSA) is 49.2 Å². The van der Waals surface area contributed by atoms with Crippen molar-refractivity contribution >= 4 is 11.9 Å². The zero-order valence-electron chi connectivity index (χ0n) is 17.1. The Balaban J connectivity index is 0.000000162. The number of hydrogen-bond donors (Lipinski definition) is 1. The summed E-state index contributed by atoms with van der Waals surface area (Å²) in [5, 5.41) is 3.36. The fourth-order valence-electron chi connectivity index (χ4n) is 3.16. The largest absolute Gasteiger partial charge is 0.479 e. The van der Waals surface area contributed by atoms with Gasteiger partial charge >= 0.3 is 0 Å². The Bertz CT molecular complexity index is 844. The molecule has 0 atom stereocenters. The SMILES string of the molecule is Cc1ccccc1CC1=NCCO1.Cc1ccccc1CNC1=NCCN1C. The molecule has 0 radical (unpaired) electrons. The molecule has 1 N–H and O–H groups in total. The summed E-state index contributed by atoms with van der Waals surface area (Å²) < 4.78 is 5.36. The zero-order chi connectivity index (χ0) is 19.8. The molecule has 148 valence electrons. The van der Waals surface area contributed by atoms with Crippen LogP contribution in [0, 0.1) is 13.8 Å². The standard InChI is InChI=1S/C12H17N3.C11H13NO/c1-10-5-3-4-6-11(10)9-14-12-13-7-8-15(12)2;1-9-4-2-3-5-10(9)8-11-12-6-7-13-11/h3-6H,7-9H2,1-2H3,(H,13,14);2-5H,6-8H2,1H3. The van der Waals surface area contributed by atoms with Gasteiger partial charge < -0.3 is 15.0 Å². The number of nitrogens with one attached hydrogen (secondary N) is 1. The Morgan fingerprint density at radius 3 is 2.18 bits per heavy atom. The summed E-state index contributed by atoms with van der Waals surface area (Å²) in [4.78, 5) is 10.8. The maximum absolute atomic E-state index is 5.36. The number of aryl methyl sites for hydroxylation is 2. The normalized spacial score (nSPS) is 15.3. The lowest BCUT2D eigenvalue weighted by Crippen LogP contribution is -2.35. The van der Waals surface area contributed by atoms with E-state index in [1.54, 1.807) is 0 Å². The number of hydrogen-bond acceptors (Lipinski definition) is 5. The minimum Gasteiger partial charge on any atom is -0.479 e. The monoisotopic (exact) mass is 378 g/mol. The molecule has 0 fully saturated rings. The molecule has 2 aliphatic heterocycles. The van der Waals surface area contributed by atoms with Gasteiger partial charge in [-0.05, 0) is 36.1 Å². The smallest absolute Gasteiger partial charge is 0.194 e. The molecule has 0 unspecified atom stereocenters. The number of nitrogens with zero attached hydrogens (tertiary/aromatic N) is 3. The van der Waals surface area contributed by atoms with Gasteiger partial charge in [0.15, 0.2) is 11.9 Å². The van der Waals surface area contributed by atoms with Gasteiger partial charge in [-0.25, -0.2) is 0 Å². The molecule has 2 aromatic rings. The number of guanidine groups is 1. The Hall–Kier alpha value is -2.82. The van der Waals surface area contributed by atoms with E-state index >= 15 is 0 Å².